The van der Waals surface area contributed by atoms with Gasteiger partial charge in [0.05, 0.1) is 34.0 Å². The number of ketones is 1. The Bertz CT molecular complexity index is 1640. The van der Waals surface area contributed by atoms with E-state index in [0.717, 1.165) is 44.1 Å². The minimum absolute atomic E-state index is 0.0713. The van der Waals surface area contributed by atoms with Crippen molar-refractivity contribution in [3.8, 4) is 17.2 Å². The number of aryl methyl sites for hydroxylation is 2. The maximum atomic E-state index is 14.2. The van der Waals surface area contributed by atoms with Crippen molar-refractivity contribution in [1.29, 1.82) is 0 Å². The van der Waals surface area contributed by atoms with Gasteiger partial charge in [0.2, 0.25) is 11.7 Å². The lowest BCUT2D eigenvalue weighted by Gasteiger charge is -2.26. The maximum absolute atomic E-state index is 14.2. The average Bonchev–Trinajstić information content (AvgIpc) is 3.61. The standard InChI is InChI=1S/C42H48N2O7/c1-48-37-25-33(26-38(49-2)40(37)50-3)39(45)42(47)44-28-35(51-29-32-19-11-6-12-20-32)27-36(44)41(46)43-34(23-13-21-30-15-7-4-8-16-30)24-14-22-31-17-9-5-10-18-31/h4-12,15-20,25-26,34-36H,13-14,21-24,27-29H2,1-3H3,(H,43,46)/t35-,36+/m1/s1. The van der Waals surface area contributed by atoms with Gasteiger partial charge in [0, 0.05) is 24.6 Å². The van der Waals surface area contributed by atoms with E-state index in [0.29, 0.717) is 12.4 Å². The molecule has 1 heterocycles. The highest BCUT2D eigenvalue weighted by Crippen LogP contribution is 2.38. The SMILES string of the molecule is COc1cc(C(=O)C(=O)N2C[C@H](OCc3ccccc3)C[C@H]2C(=O)NC(CCCc2ccccc2)CCCc2ccccc2)cc(OC)c1OC. The van der Waals surface area contributed by atoms with Gasteiger partial charge >= 0.3 is 0 Å². The van der Waals surface area contributed by atoms with Crippen molar-refractivity contribution < 1.29 is 33.3 Å². The van der Waals surface area contributed by atoms with Gasteiger partial charge in [-0.05, 0) is 67.3 Å². The first-order valence-electron chi connectivity index (χ1n) is 17.6. The van der Waals surface area contributed by atoms with Crippen molar-refractivity contribution in [2.75, 3.05) is 27.9 Å². The molecule has 1 aliphatic rings. The van der Waals surface area contributed by atoms with Crippen molar-refractivity contribution in [3.63, 3.8) is 0 Å². The van der Waals surface area contributed by atoms with Crippen LogP contribution in [0.15, 0.2) is 103 Å². The number of carbonyl (C=O) groups is 3. The van der Waals surface area contributed by atoms with Gasteiger partial charge < -0.3 is 29.2 Å². The summed E-state index contributed by atoms with van der Waals surface area (Å²) in [6.07, 6.45) is 5.01. The van der Waals surface area contributed by atoms with Gasteiger partial charge in [0.25, 0.3) is 11.7 Å². The molecule has 0 aliphatic carbocycles. The summed E-state index contributed by atoms with van der Waals surface area (Å²) in [7, 11) is 4.35. The zero-order valence-corrected chi connectivity index (χ0v) is 29.7. The second-order valence-corrected chi connectivity index (χ2v) is 12.8. The summed E-state index contributed by atoms with van der Waals surface area (Å²) in [5.74, 6) is -1.04. The first-order valence-corrected chi connectivity index (χ1v) is 17.6. The number of rotatable bonds is 18. The summed E-state index contributed by atoms with van der Waals surface area (Å²) in [5.41, 5.74) is 3.56. The molecule has 2 atom stereocenters. The molecule has 5 rings (SSSR count). The van der Waals surface area contributed by atoms with Gasteiger partial charge in [0.15, 0.2) is 11.5 Å². The molecular weight excluding hydrogens is 644 g/mol. The third kappa shape index (κ3) is 10.2. The molecule has 0 aromatic heterocycles. The lowest BCUT2D eigenvalue weighted by Crippen LogP contribution is -2.50. The average molecular weight is 693 g/mol. The van der Waals surface area contributed by atoms with Gasteiger partial charge in [0.1, 0.15) is 6.04 Å². The quantitative estimate of drug-likeness (QED) is 0.0925. The van der Waals surface area contributed by atoms with Crippen LogP contribution in [0.3, 0.4) is 0 Å². The summed E-state index contributed by atoms with van der Waals surface area (Å²) in [5, 5.41) is 3.28. The number of likely N-dealkylation sites (tertiary alicyclic amines) is 1. The molecule has 1 fully saturated rings. The summed E-state index contributed by atoms with van der Waals surface area (Å²) < 4.78 is 22.5. The Hall–Kier alpha value is -5.15. The molecule has 4 aromatic rings. The van der Waals surface area contributed by atoms with E-state index in [9.17, 15) is 14.4 Å². The van der Waals surface area contributed by atoms with Crippen LogP contribution >= 0.6 is 0 Å². The van der Waals surface area contributed by atoms with Gasteiger partial charge in [-0.15, -0.1) is 0 Å². The molecule has 4 aromatic carbocycles. The van der Waals surface area contributed by atoms with Crippen LogP contribution in [0.1, 0.15) is 59.2 Å². The second kappa shape index (κ2) is 18.7. The smallest absolute Gasteiger partial charge is 0.295 e. The molecule has 0 spiro atoms. The van der Waals surface area contributed by atoms with Crippen molar-refractivity contribution >= 4 is 17.6 Å². The number of Topliss-reactive ketones (excluding diaryl/α,β-unsaturated/α-hetero) is 1. The molecule has 1 aliphatic heterocycles. The summed E-state index contributed by atoms with van der Waals surface area (Å²) in [4.78, 5) is 43.3. The lowest BCUT2D eigenvalue weighted by molar-refractivity contribution is -0.135. The molecule has 1 saturated heterocycles. The molecule has 0 saturated carbocycles. The Morgan fingerprint density at radius 1 is 0.725 bits per heavy atom. The topological polar surface area (TPSA) is 103 Å². The highest BCUT2D eigenvalue weighted by molar-refractivity contribution is 6.43. The molecule has 1 N–H and O–H groups in total. The summed E-state index contributed by atoms with van der Waals surface area (Å²) in [6.45, 7) is 0.427. The Morgan fingerprint density at radius 3 is 1.73 bits per heavy atom. The molecule has 268 valence electrons. The Kier molecular flexibility index (Phi) is 13.6. The van der Waals surface area contributed by atoms with E-state index in [-0.39, 0.29) is 42.0 Å². The molecule has 0 unspecified atom stereocenters. The zero-order chi connectivity index (χ0) is 36.0. The third-order valence-corrected chi connectivity index (χ3v) is 9.34. The zero-order valence-electron chi connectivity index (χ0n) is 29.7. The van der Waals surface area contributed by atoms with Crippen molar-refractivity contribution in [1.82, 2.24) is 10.2 Å². The molecule has 0 radical (unpaired) electrons. The van der Waals surface area contributed by atoms with Crippen LogP contribution < -0.4 is 19.5 Å². The highest BCUT2D eigenvalue weighted by atomic mass is 16.5. The predicted molar refractivity (Wildman–Crippen MR) is 196 cm³/mol. The molecule has 9 heteroatoms. The van der Waals surface area contributed by atoms with Crippen LogP contribution in [0.5, 0.6) is 17.2 Å². The number of hydrogen-bond donors (Lipinski definition) is 1. The molecule has 51 heavy (non-hydrogen) atoms. The number of hydrogen-bond acceptors (Lipinski definition) is 7. The number of carbonyl (C=O) groups excluding carboxylic acids is 3. The number of benzene rings is 4. The van der Waals surface area contributed by atoms with E-state index in [4.69, 9.17) is 18.9 Å². The first-order chi connectivity index (χ1) is 24.9. The van der Waals surface area contributed by atoms with Crippen LogP contribution in [-0.4, -0.2) is 68.6 Å². The molecular formula is C42H48N2O7. The first kappa shape index (κ1) is 37.1. The largest absolute Gasteiger partial charge is 0.493 e. The minimum Gasteiger partial charge on any atom is -0.493 e. The van der Waals surface area contributed by atoms with E-state index < -0.39 is 23.8 Å². The van der Waals surface area contributed by atoms with Crippen LogP contribution in [0, 0.1) is 0 Å². The maximum Gasteiger partial charge on any atom is 0.295 e. The summed E-state index contributed by atoms with van der Waals surface area (Å²) >= 11 is 0. The normalized spacial score (nSPS) is 15.4. The van der Waals surface area contributed by atoms with E-state index in [1.54, 1.807) is 0 Å². The number of methoxy groups -OCH3 is 3. The van der Waals surface area contributed by atoms with E-state index in [1.807, 2.05) is 66.7 Å². The van der Waals surface area contributed by atoms with Gasteiger partial charge in [-0.2, -0.15) is 0 Å². The van der Waals surface area contributed by atoms with Crippen LogP contribution in [0.4, 0.5) is 0 Å². The van der Waals surface area contributed by atoms with Gasteiger partial charge in [-0.25, -0.2) is 0 Å². The lowest BCUT2D eigenvalue weighted by atomic mass is 9.98. The van der Waals surface area contributed by atoms with Crippen molar-refractivity contribution in [2.45, 2.75) is 69.7 Å². The number of amides is 2. The second-order valence-electron chi connectivity index (χ2n) is 12.8. The van der Waals surface area contributed by atoms with Crippen LogP contribution in [-0.2, 0) is 33.8 Å². The minimum atomic E-state index is -0.880. The third-order valence-electron chi connectivity index (χ3n) is 9.34. The van der Waals surface area contributed by atoms with E-state index in [1.165, 1.54) is 49.5 Å². The van der Waals surface area contributed by atoms with Crippen molar-refractivity contribution in [3.05, 3.63) is 125 Å². The van der Waals surface area contributed by atoms with E-state index >= 15 is 0 Å². The number of ether oxygens (including phenoxy) is 4. The van der Waals surface area contributed by atoms with E-state index in [2.05, 4.69) is 29.6 Å². The fourth-order valence-electron chi connectivity index (χ4n) is 6.63. The van der Waals surface area contributed by atoms with Crippen LogP contribution in [0.2, 0.25) is 0 Å². The number of nitrogens with zero attached hydrogens (tertiary/aromatic N) is 1. The van der Waals surface area contributed by atoms with Crippen LogP contribution in [0.25, 0.3) is 0 Å². The highest BCUT2D eigenvalue weighted by Gasteiger charge is 2.43. The Balaban J connectivity index is 1.34. The fraction of sp³-hybridized carbons (Fsp3) is 0.357. The van der Waals surface area contributed by atoms with Gasteiger partial charge in [-0.3, -0.25) is 14.4 Å². The fourth-order valence-corrected chi connectivity index (χ4v) is 6.63. The Morgan fingerprint density at radius 2 is 1.24 bits per heavy atom. The Labute approximate surface area is 300 Å². The summed E-state index contributed by atoms with van der Waals surface area (Å²) in [6, 6.07) is 32.3. The van der Waals surface area contributed by atoms with Gasteiger partial charge in [-0.1, -0.05) is 91.0 Å². The molecule has 0 bridgehead atoms. The molecule has 9 nitrogen and oxygen atoms in total. The monoisotopic (exact) mass is 692 g/mol. The predicted octanol–water partition coefficient (Wildman–Crippen LogP) is 6.61. The molecule has 2 amide bonds. The van der Waals surface area contributed by atoms with Crippen molar-refractivity contribution in [2.24, 2.45) is 0 Å². The number of nitrogens with one attached hydrogen (secondary N) is 1.